The van der Waals surface area contributed by atoms with Gasteiger partial charge in [-0.05, 0) is 68.6 Å². The molecule has 8 aromatic rings. The minimum atomic E-state index is -0.0805. The van der Waals surface area contributed by atoms with Crippen LogP contribution in [0.3, 0.4) is 0 Å². The van der Waals surface area contributed by atoms with E-state index in [2.05, 4.69) is 0 Å². The standard InChI is InChI=1S/C44H30O4/c45-39-22-12-11-21-34(39)36-23-29-17-7-9-19-32(29)40(43(36)47)41-33-20-10-8-18-30(33)24-38(44(41)48)37-26-31(27-13-3-1-4-14-27)25-35(42(37)46)28-15-5-2-6-16-28/h1-26,45-48H. The van der Waals surface area contributed by atoms with Crippen LogP contribution in [0.25, 0.3) is 77.2 Å². The van der Waals surface area contributed by atoms with Crippen LogP contribution >= 0.6 is 0 Å². The van der Waals surface area contributed by atoms with Gasteiger partial charge < -0.3 is 20.4 Å². The van der Waals surface area contributed by atoms with E-state index in [4.69, 9.17) is 0 Å². The van der Waals surface area contributed by atoms with Gasteiger partial charge >= 0.3 is 0 Å². The van der Waals surface area contributed by atoms with E-state index in [1.165, 1.54) is 0 Å². The molecule has 0 bridgehead atoms. The molecule has 0 aliphatic rings. The van der Waals surface area contributed by atoms with Crippen molar-refractivity contribution in [3.63, 3.8) is 0 Å². The number of hydrogen-bond acceptors (Lipinski definition) is 4. The summed E-state index contributed by atoms with van der Waals surface area (Å²) in [6.45, 7) is 0. The molecule has 48 heavy (non-hydrogen) atoms. The molecule has 0 saturated heterocycles. The van der Waals surface area contributed by atoms with Crippen LogP contribution in [0.2, 0.25) is 0 Å². The highest BCUT2D eigenvalue weighted by atomic mass is 16.3. The maximum Gasteiger partial charge on any atom is 0.132 e. The van der Waals surface area contributed by atoms with Crippen LogP contribution in [0, 0.1) is 0 Å². The van der Waals surface area contributed by atoms with E-state index in [1.807, 2.05) is 140 Å². The highest BCUT2D eigenvalue weighted by molar-refractivity contribution is 6.14. The number of rotatable bonds is 5. The van der Waals surface area contributed by atoms with Gasteiger partial charge in [-0.2, -0.15) is 0 Å². The molecule has 8 rings (SSSR count). The van der Waals surface area contributed by atoms with Crippen molar-refractivity contribution in [3.8, 4) is 78.6 Å². The molecule has 0 saturated carbocycles. The zero-order valence-corrected chi connectivity index (χ0v) is 25.8. The highest BCUT2D eigenvalue weighted by Crippen LogP contribution is 2.54. The fraction of sp³-hybridized carbons (Fsp3) is 0. The Morgan fingerprint density at radius 1 is 0.292 bits per heavy atom. The van der Waals surface area contributed by atoms with Crippen molar-refractivity contribution in [3.05, 3.63) is 158 Å². The van der Waals surface area contributed by atoms with Gasteiger partial charge in [-0.25, -0.2) is 0 Å². The second-order valence-electron chi connectivity index (χ2n) is 11.9. The first-order valence-corrected chi connectivity index (χ1v) is 15.8. The molecule has 230 valence electrons. The fourth-order valence-electron chi connectivity index (χ4n) is 6.77. The topological polar surface area (TPSA) is 80.9 Å². The Labute approximate surface area is 277 Å². The van der Waals surface area contributed by atoms with Gasteiger partial charge in [0.1, 0.15) is 23.0 Å². The van der Waals surface area contributed by atoms with Gasteiger partial charge in [0.25, 0.3) is 0 Å². The molecule has 0 aliphatic heterocycles. The summed E-state index contributed by atoms with van der Waals surface area (Å²) < 4.78 is 0. The van der Waals surface area contributed by atoms with E-state index in [0.29, 0.717) is 38.9 Å². The van der Waals surface area contributed by atoms with E-state index < -0.39 is 0 Å². The Kier molecular flexibility index (Phi) is 7.04. The molecule has 0 unspecified atom stereocenters. The zero-order chi connectivity index (χ0) is 32.8. The Hall–Kier alpha value is -6.52. The van der Waals surface area contributed by atoms with Crippen molar-refractivity contribution in [1.29, 1.82) is 0 Å². The lowest BCUT2D eigenvalue weighted by molar-refractivity contribution is 0.467. The fourth-order valence-corrected chi connectivity index (χ4v) is 6.77. The van der Waals surface area contributed by atoms with E-state index >= 15 is 0 Å². The van der Waals surface area contributed by atoms with Crippen LogP contribution in [-0.2, 0) is 0 Å². The molecule has 4 N–H and O–H groups in total. The Morgan fingerprint density at radius 2 is 0.729 bits per heavy atom. The summed E-state index contributed by atoms with van der Waals surface area (Å²) >= 11 is 0. The molecular formula is C44H30O4. The lowest BCUT2D eigenvalue weighted by Crippen LogP contribution is -1.93. The smallest absolute Gasteiger partial charge is 0.132 e. The minimum Gasteiger partial charge on any atom is -0.507 e. The second kappa shape index (κ2) is 11.7. The van der Waals surface area contributed by atoms with Crippen molar-refractivity contribution < 1.29 is 20.4 Å². The van der Waals surface area contributed by atoms with E-state index in [-0.39, 0.29) is 23.0 Å². The van der Waals surface area contributed by atoms with Crippen LogP contribution in [0.4, 0.5) is 0 Å². The maximum atomic E-state index is 12.5. The maximum absolute atomic E-state index is 12.5. The Balaban J connectivity index is 1.49. The monoisotopic (exact) mass is 622 g/mol. The van der Waals surface area contributed by atoms with Crippen LogP contribution in [0.1, 0.15) is 0 Å². The molecule has 0 radical (unpaired) electrons. The van der Waals surface area contributed by atoms with Crippen LogP contribution in [0.5, 0.6) is 23.0 Å². The molecule has 0 atom stereocenters. The molecule has 8 aromatic carbocycles. The van der Waals surface area contributed by atoms with Crippen LogP contribution in [-0.4, -0.2) is 20.4 Å². The van der Waals surface area contributed by atoms with Crippen molar-refractivity contribution in [2.24, 2.45) is 0 Å². The summed E-state index contributed by atoms with van der Waals surface area (Å²) in [7, 11) is 0. The van der Waals surface area contributed by atoms with Crippen LogP contribution < -0.4 is 0 Å². The molecule has 4 nitrogen and oxygen atoms in total. The van der Waals surface area contributed by atoms with Gasteiger partial charge in [-0.15, -0.1) is 0 Å². The third-order valence-electron chi connectivity index (χ3n) is 9.08. The lowest BCUT2D eigenvalue weighted by Gasteiger charge is -2.21. The summed E-state index contributed by atoms with van der Waals surface area (Å²) in [5.41, 5.74) is 5.99. The molecule has 0 spiro atoms. The molecule has 0 aliphatic carbocycles. The molecule has 0 heterocycles. The number of hydrogen-bond donors (Lipinski definition) is 4. The second-order valence-corrected chi connectivity index (χ2v) is 11.9. The van der Waals surface area contributed by atoms with Crippen molar-refractivity contribution in [2.75, 3.05) is 0 Å². The molecule has 0 amide bonds. The predicted molar refractivity (Wildman–Crippen MR) is 195 cm³/mol. The minimum absolute atomic E-state index is 0.0351. The molecular weight excluding hydrogens is 592 g/mol. The molecule has 0 aromatic heterocycles. The van der Waals surface area contributed by atoms with E-state index in [0.717, 1.165) is 38.2 Å². The largest absolute Gasteiger partial charge is 0.507 e. The summed E-state index contributed by atoms with van der Waals surface area (Å²) in [6, 6.07) is 49.6. The number of para-hydroxylation sites is 1. The van der Waals surface area contributed by atoms with Gasteiger partial charge in [0.2, 0.25) is 0 Å². The first-order valence-electron chi connectivity index (χ1n) is 15.8. The van der Waals surface area contributed by atoms with Crippen molar-refractivity contribution in [1.82, 2.24) is 0 Å². The first-order chi connectivity index (χ1) is 23.5. The third-order valence-corrected chi connectivity index (χ3v) is 9.08. The van der Waals surface area contributed by atoms with Crippen molar-refractivity contribution in [2.45, 2.75) is 0 Å². The normalized spacial score (nSPS) is 11.2. The quantitative estimate of drug-likeness (QED) is 0.154. The van der Waals surface area contributed by atoms with E-state index in [1.54, 1.807) is 18.2 Å². The average molecular weight is 623 g/mol. The molecule has 4 heteroatoms. The number of phenols is 4. The average Bonchev–Trinajstić information content (AvgIpc) is 3.13. The van der Waals surface area contributed by atoms with E-state index in [9.17, 15) is 20.4 Å². The van der Waals surface area contributed by atoms with Crippen molar-refractivity contribution >= 4 is 21.5 Å². The summed E-state index contributed by atoms with van der Waals surface area (Å²) in [6.07, 6.45) is 0. The number of phenolic OH excluding ortho intramolecular Hbond substituents is 4. The third kappa shape index (κ3) is 4.79. The van der Waals surface area contributed by atoms with Crippen LogP contribution in [0.15, 0.2) is 158 Å². The number of fused-ring (bicyclic) bond motifs is 2. The number of benzene rings is 8. The SMILES string of the molecule is Oc1ccccc1-c1cc2ccccc2c(-c2c(O)c(-c3cc(-c4ccccc4)cc(-c4ccccc4)c3O)cc3ccccc23)c1O. The lowest BCUT2D eigenvalue weighted by atomic mass is 9.85. The molecule has 0 fully saturated rings. The van der Waals surface area contributed by atoms with Gasteiger partial charge in [0.15, 0.2) is 0 Å². The van der Waals surface area contributed by atoms with Gasteiger partial charge in [-0.1, -0.05) is 127 Å². The van der Waals surface area contributed by atoms with Gasteiger partial charge in [0, 0.05) is 38.9 Å². The Bertz CT molecular complexity index is 2480. The first kappa shape index (κ1) is 28.9. The van der Waals surface area contributed by atoms with Gasteiger partial charge in [0.05, 0.1) is 0 Å². The highest BCUT2D eigenvalue weighted by Gasteiger charge is 2.25. The number of aromatic hydroxyl groups is 4. The van der Waals surface area contributed by atoms with Gasteiger partial charge in [-0.3, -0.25) is 0 Å². The summed E-state index contributed by atoms with van der Waals surface area (Å²) in [5, 5.41) is 50.5. The summed E-state index contributed by atoms with van der Waals surface area (Å²) in [5.74, 6) is -0.0782. The summed E-state index contributed by atoms with van der Waals surface area (Å²) in [4.78, 5) is 0. The Morgan fingerprint density at radius 3 is 1.31 bits per heavy atom. The predicted octanol–water partition coefficient (Wildman–Crippen LogP) is 11.2. The zero-order valence-electron chi connectivity index (χ0n) is 25.8.